The fraction of sp³-hybridized carbons (Fsp3) is 0.750. The maximum Gasteiger partial charge on any atom is 0.411 e. The van der Waals surface area contributed by atoms with Crippen LogP contribution in [0.2, 0.25) is 0 Å². The SMILES string of the molecule is CC(C)NC(=O)NC(=O)COC(=O)[C@@H]1CCCN1C(=O)OC(C)(C)C. The van der Waals surface area contributed by atoms with Crippen LogP contribution in [0.5, 0.6) is 0 Å². The number of amides is 4. The highest BCUT2D eigenvalue weighted by Crippen LogP contribution is 2.21. The number of rotatable bonds is 4. The predicted octanol–water partition coefficient (Wildman–Crippen LogP) is 1.16. The molecular weight excluding hydrogens is 330 g/mol. The van der Waals surface area contributed by atoms with Gasteiger partial charge in [-0.1, -0.05) is 0 Å². The summed E-state index contributed by atoms with van der Waals surface area (Å²) < 4.78 is 10.2. The molecule has 1 heterocycles. The van der Waals surface area contributed by atoms with E-state index in [1.165, 1.54) is 4.90 Å². The minimum atomic E-state index is -0.785. The second-order valence-electron chi connectivity index (χ2n) is 7.12. The zero-order valence-electron chi connectivity index (χ0n) is 15.4. The van der Waals surface area contributed by atoms with Crippen molar-refractivity contribution in [2.24, 2.45) is 0 Å². The topological polar surface area (TPSA) is 114 Å². The summed E-state index contributed by atoms with van der Waals surface area (Å²) in [6.45, 7) is 8.49. The maximum atomic E-state index is 12.1. The second kappa shape index (κ2) is 8.68. The van der Waals surface area contributed by atoms with E-state index in [0.29, 0.717) is 19.4 Å². The van der Waals surface area contributed by atoms with Crippen molar-refractivity contribution in [3.05, 3.63) is 0 Å². The zero-order valence-corrected chi connectivity index (χ0v) is 15.4. The first-order valence-electron chi connectivity index (χ1n) is 8.26. The van der Waals surface area contributed by atoms with E-state index in [4.69, 9.17) is 9.47 Å². The molecule has 25 heavy (non-hydrogen) atoms. The molecule has 0 aromatic carbocycles. The van der Waals surface area contributed by atoms with E-state index in [9.17, 15) is 19.2 Å². The van der Waals surface area contributed by atoms with Crippen molar-refractivity contribution >= 4 is 24.0 Å². The second-order valence-corrected chi connectivity index (χ2v) is 7.12. The van der Waals surface area contributed by atoms with Crippen LogP contribution in [0.4, 0.5) is 9.59 Å². The molecule has 0 aromatic rings. The van der Waals surface area contributed by atoms with Crippen molar-refractivity contribution in [2.75, 3.05) is 13.2 Å². The Balaban J connectivity index is 2.49. The number of ether oxygens (including phenoxy) is 2. The molecule has 2 N–H and O–H groups in total. The number of hydrogen-bond donors (Lipinski definition) is 2. The van der Waals surface area contributed by atoms with Gasteiger partial charge < -0.3 is 14.8 Å². The molecule has 0 radical (unpaired) electrons. The highest BCUT2D eigenvalue weighted by atomic mass is 16.6. The number of likely N-dealkylation sites (tertiary alicyclic amines) is 1. The minimum Gasteiger partial charge on any atom is -0.454 e. The summed E-state index contributed by atoms with van der Waals surface area (Å²) in [4.78, 5) is 48.6. The van der Waals surface area contributed by atoms with E-state index in [-0.39, 0.29) is 6.04 Å². The van der Waals surface area contributed by atoms with Crippen LogP contribution in [0.1, 0.15) is 47.5 Å². The van der Waals surface area contributed by atoms with Crippen LogP contribution in [0.25, 0.3) is 0 Å². The molecule has 1 saturated heterocycles. The number of urea groups is 1. The summed E-state index contributed by atoms with van der Waals surface area (Å²) in [5.74, 6) is -1.43. The molecule has 9 heteroatoms. The number of carbonyl (C=O) groups is 4. The molecule has 0 spiro atoms. The van der Waals surface area contributed by atoms with Gasteiger partial charge in [0.2, 0.25) is 0 Å². The molecular formula is C16H27N3O6. The Labute approximate surface area is 147 Å². The van der Waals surface area contributed by atoms with Gasteiger partial charge in [0.1, 0.15) is 11.6 Å². The predicted molar refractivity (Wildman–Crippen MR) is 88.7 cm³/mol. The highest BCUT2D eigenvalue weighted by molar-refractivity contribution is 5.96. The molecule has 0 aliphatic carbocycles. The standard InChI is InChI=1S/C16H27N3O6/c1-10(2)17-14(22)18-12(20)9-24-13(21)11-7-6-8-19(11)15(23)25-16(3,4)5/h10-11H,6-9H2,1-5H3,(H2,17,18,20,22)/t11-/m0/s1. The van der Waals surface area contributed by atoms with Gasteiger partial charge in [0, 0.05) is 12.6 Å². The van der Waals surface area contributed by atoms with Crippen molar-refractivity contribution in [1.82, 2.24) is 15.5 Å². The lowest BCUT2D eigenvalue weighted by molar-refractivity contribution is -0.152. The van der Waals surface area contributed by atoms with Gasteiger partial charge >= 0.3 is 18.1 Å². The lowest BCUT2D eigenvalue weighted by Gasteiger charge is -2.27. The highest BCUT2D eigenvalue weighted by Gasteiger charge is 2.37. The van der Waals surface area contributed by atoms with E-state index in [2.05, 4.69) is 10.6 Å². The summed E-state index contributed by atoms with van der Waals surface area (Å²) in [6.07, 6.45) is 0.489. The summed E-state index contributed by atoms with van der Waals surface area (Å²) in [6, 6.07) is -1.57. The van der Waals surface area contributed by atoms with Crippen LogP contribution in [0.3, 0.4) is 0 Å². The summed E-state index contributed by atoms with van der Waals surface area (Å²) in [5, 5.41) is 4.53. The molecule has 0 unspecified atom stereocenters. The fourth-order valence-electron chi connectivity index (χ4n) is 2.24. The zero-order chi connectivity index (χ0) is 19.2. The van der Waals surface area contributed by atoms with Gasteiger partial charge in [0.05, 0.1) is 0 Å². The first kappa shape index (κ1) is 20.7. The molecule has 1 aliphatic rings. The lowest BCUT2D eigenvalue weighted by Crippen LogP contribution is -2.46. The van der Waals surface area contributed by atoms with Crippen LogP contribution in [0.15, 0.2) is 0 Å². The summed E-state index contributed by atoms with van der Waals surface area (Å²) in [5.41, 5.74) is -0.669. The quantitative estimate of drug-likeness (QED) is 0.730. The Bertz CT molecular complexity index is 526. The average Bonchev–Trinajstić information content (AvgIpc) is 2.91. The van der Waals surface area contributed by atoms with E-state index in [1.54, 1.807) is 34.6 Å². The Morgan fingerprint density at radius 2 is 1.84 bits per heavy atom. The number of nitrogens with one attached hydrogen (secondary N) is 2. The maximum absolute atomic E-state index is 12.1. The Hall–Kier alpha value is -2.32. The monoisotopic (exact) mass is 357 g/mol. The van der Waals surface area contributed by atoms with Gasteiger partial charge in [0.25, 0.3) is 5.91 Å². The molecule has 0 bridgehead atoms. The first-order chi connectivity index (χ1) is 11.5. The minimum absolute atomic E-state index is 0.128. The molecule has 0 saturated carbocycles. The fourth-order valence-corrected chi connectivity index (χ4v) is 2.24. The van der Waals surface area contributed by atoms with Gasteiger partial charge in [-0.05, 0) is 47.5 Å². The normalized spacial score (nSPS) is 17.2. The number of imide groups is 1. The van der Waals surface area contributed by atoms with Crippen LogP contribution < -0.4 is 10.6 Å². The number of esters is 1. The van der Waals surface area contributed by atoms with Gasteiger partial charge in [0.15, 0.2) is 6.61 Å². The van der Waals surface area contributed by atoms with Crippen molar-refractivity contribution < 1.29 is 28.7 Å². The molecule has 9 nitrogen and oxygen atoms in total. The third-order valence-corrected chi connectivity index (χ3v) is 3.17. The van der Waals surface area contributed by atoms with Gasteiger partial charge in [-0.3, -0.25) is 15.0 Å². The molecule has 1 aliphatic heterocycles. The largest absolute Gasteiger partial charge is 0.454 e. The van der Waals surface area contributed by atoms with Crippen LogP contribution in [0, 0.1) is 0 Å². The van der Waals surface area contributed by atoms with Crippen LogP contribution in [-0.2, 0) is 19.1 Å². The number of carbonyl (C=O) groups excluding carboxylic acids is 4. The van der Waals surface area contributed by atoms with Crippen molar-refractivity contribution in [3.63, 3.8) is 0 Å². The van der Waals surface area contributed by atoms with E-state index >= 15 is 0 Å². The van der Waals surface area contributed by atoms with Gasteiger partial charge in [-0.15, -0.1) is 0 Å². The van der Waals surface area contributed by atoms with E-state index < -0.39 is 42.3 Å². The molecule has 1 rings (SSSR count). The van der Waals surface area contributed by atoms with Gasteiger partial charge in [-0.2, -0.15) is 0 Å². The average molecular weight is 357 g/mol. The molecule has 1 atom stereocenters. The lowest BCUT2D eigenvalue weighted by atomic mass is 10.2. The third-order valence-electron chi connectivity index (χ3n) is 3.17. The van der Waals surface area contributed by atoms with Crippen LogP contribution >= 0.6 is 0 Å². The molecule has 0 aromatic heterocycles. The number of nitrogens with zero attached hydrogens (tertiary/aromatic N) is 1. The van der Waals surface area contributed by atoms with E-state index in [1.807, 2.05) is 0 Å². The smallest absolute Gasteiger partial charge is 0.411 e. The van der Waals surface area contributed by atoms with Crippen molar-refractivity contribution in [2.45, 2.75) is 65.1 Å². The Morgan fingerprint density at radius 3 is 2.40 bits per heavy atom. The van der Waals surface area contributed by atoms with Crippen LogP contribution in [-0.4, -0.2) is 59.7 Å². The van der Waals surface area contributed by atoms with E-state index in [0.717, 1.165) is 0 Å². The number of hydrogen-bond acceptors (Lipinski definition) is 6. The first-order valence-corrected chi connectivity index (χ1v) is 8.26. The molecule has 142 valence electrons. The third kappa shape index (κ3) is 7.40. The Morgan fingerprint density at radius 1 is 1.20 bits per heavy atom. The van der Waals surface area contributed by atoms with Crippen molar-refractivity contribution in [3.8, 4) is 0 Å². The molecule has 1 fully saturated rings. The summed E-state index contributed by atoms with van der Waals surface area (Å²) in [7, 11) is 0. The Kier molecular flexibility index (Phi) is 7.20. The van der Waals surface area contributed by atoms with Gasteiger partial charge in [-0.25, -0.2) is 14.4 Å². The van der Waals surface area contributed by atoms with Crippen molar-refractivity contribution in [1.29, 1.82) is 0 Å². The summed E-state index contributed by atoms with van der Waals surface area (Å²) >= 11 is 0. The molecule has 4 amide bonds.